The molecule has 1 aromatic heterocycles. The fraction of sp³-hybridized carbons (Fsp3) is 0.182. The van der Waals surface area contributed by atoms with Gasteiger partial charge in [-0.25, -0.2) is 9.18 Å². The normalized spacial score (nSPS) is 11.1. The van der Waals surface area contributed by atoms with Crippen LogP contribution in [-0.4, -0.2) is 33.9 Å². The van der Waals surface area contributed by atoms with Crippen LogP contribution in [0.1, 0.15) is 27.9 Å². The number of urea groups is 1. The molecule has 14 heteroatoms. The molecule has 0 unspecified atom stereocenters. The molecule has 1 heterocycles. The molecule has 2 aromatic carbocycles. The number of carboxylic acid groups (broad SMARTS) is 1. The van der Waals surface area contributed by atoms with E-state index in [1.807, 2.05) is 5.32 Å². The third-order valence-electron chi connectivity index (χ3n) is 4.84. The Bertz CT molecular complexity index is 1330. The Labute approximate surface area is 205 Å². The average Bonchev–Trinajstić information content (AvgIpc) is 3.18. The number of primary amides is 1. The molecular weight excluding hydrogens is 506 g/mol. The van der Waals surface area contributed by atoms with Gasteiger partial charge in [-0.15, -0.1) is 0 Å². The summed E-state index contributed by atoms with van der Waals surface area (Å²) in [4.78, 5) is 35.4. The van der Waals surface area contributed by atoms with Gasteiger partial charge in [-0.05, 0) is 59.9 Å². The Morgan fingerprint density at radius 2 is 1.83 bits per heavy atom. The fourth-order valence-corrected chi connectivity index (χ4v) is 4.14. The molecule has 190 valence electrons. The monoisotopic (exact) mass is 525 g/mol. The smallest absolute Gasteiger partial charge is 0.416 e. The van der Waals surface area contributed by atoms with Crippen LogP contribution < -0.4 is 21.7 Å². The van der Waals surface area contributed by atoms with E-state index < -0.39 is 41.2 Å². The van der Waals surface area contributed by atoms with Gasteiger partial charge in [0.2, 0.25) is 0 Å². The highest BCUT2D eigenvalue weighted by atomic mass is 32.1. The summed E-state index contributed by atoms with van der Waals surface area (Å²) in [5.41, 5.74) is 5.20. The Morgan fingerprint density at radius 1 is 1.11 bits per heavy atom. The van der Waals surface area contributed by atoms with E-state index >= 15 is 0 Å². The van der Waals surface area contributed by atoms with Crippen LogP contribution in [0.25, 0.3) is 10.4 Å². The standard InChI is InChI=1S/C22H19F4N5O4S/c1-10-8-12(29-21(35)30-15-9-11(22(24,25)26)2-5-14(15)23)3-4-13(10)18-17(19(27)34)20(31-36-18)28-7-6-16(32)33/h2-5,8-9H,6-7H2,1H3,(H2,27,34)(H,28,31)(H,32,33)(H2,29,30,35). The van der Waals surface area contributed by atoms with E-state index in [0.29, 0.717) is 34.2 Å². The van der Waals surface area contributed by atoms with Crippen LogP contribution >= 0.6 is 11.5 Å². The van der Waals surface area contributed by atoms with Crippen LogP contribution in [0.2, 0.25) is 0 Å². The Balaban J connectivity index is 1.78. The highest BCUT2D eigenvalue weighted by molar-refractivity contribution is 7.10. The summed E-state index contributed by atoms with van der Waals surface area (Å²) >= 11 is 0.963. The van der Waals surface area contributed by atoms with Crippen LogP contribution in [-0.2, 0) is 11.0 Å². The van der Waals surface area contributed by atoms with Crippen molar-refractivity contribution in [3.8, 4) is 10.4 Å². The van der Waals surface area contributed by atoms with Crippen LogP contribution in [0.5, 0.6) is 0 Å². The lowest BCUT2D eigenvalue weighted by Crippen LogP contribution is -2.20. The molecule has 3 aromatic rings. The number of hydrogen-bond acceptors (Lipinski definition) is 6. The Hall–Kier alpha value is -4.20. The molecule has 6 N–H and O–H groups in total. The number of nitrogens with two attached hydrogens (primary N) is 1. The number of rotatable bonds is 8. The van der Waals surface area contributed by atoms with E-state index in [4.69, 9.17) is 10.8 Å². The molecule has 0 atom stereocenters. The highest BCUT2D eigenvalue weighted by Crippen LogP contribution is 2.36. The van der Waals surface area contributed by atoms with E-state index in [-0.39, 0.29) is 30.0 Å². The number of aliphatic carboxylic acids is 1. The molecule has 0 aliphatic rings. The van der Waals surface area contributed by atoms with Gasteiger partial charge in [0.15, 0.2) is 5.82 Å². The van der Waals surface area contributed by atoms with Crippen molar-refractivity contribution < 1.29 is 37.1 Å². The van der Waals surface area contributed by atoms with Crippen LogP contribution in [0.15, 0.2) is 36.4 Å². The second-order valence-electron chi connectivity index (χ2n) is 7.47. The van der Waals surface area contributed by atoms with Gasteiger partial charge in [0.25, 0.3) is 5.91 Å². The van der Waals surface area contributed by atoms with Gasteiger partial charge in [-0.3, -0.25) is 9.59 Å². The van der Waals surface area contributed by atoms with Gasteiger partial charge in [0.1, 0.15) is 11.4 Å². The van der Waals surface area contributed by atoms with E-state index in [2.05, 4.69) is 15.0 Å². The van der Waals surface area contributed by atoms with Crippen LogP contribution in [0.3, 0.4) is 0 Å². The predicted molar refractivity (Wildman–Crippen MR) is 126 cm³/mol. The number of aryl methyl sites for hydroxylation is 1. The topological polar surface area (TPSA) is 146 Å². The first-order chi connectivity index (χ1) is 16.9. The molecule has 9 nitrogen and oxygen atoms in total. The van der Waals surface area contributed by atoms with Gasteiger partial charge in [-0.1, -0.05) is 6.07 Å². The lowest BCUT2D eigenvalue weighted by atomic mass is 10.0. The number of carbonyl (C=O) groups excluding carboxylic acids is 2. The number of carbonyl (C=O) groups is 3. The third kappa shape index (κ3) is 6.27. The van der Waals surface area contributed by atoms with Crippen molar-refractivity contribution in [1.82, 2.24) is 4.37 Å². The van der Waals surface area contributed by atoms with Crippen molar-refractivity contribution in [1.29, 1.82) is 0 Å². The molecule has 0 aliphatic heterocycles. The Kier molecular flexibility index (Phi) is 7.77. The van der Waals surface area contributed by atoms with Crippen LogP contribution in [0, 0.1) is 12.7 Å². The summed E-state index contributed by atoms with van der Waals surface area (Å²) in [6.07, 6.45) is -4.91. The average molecular weight is 525 g/mol. The maximum atomic E-state index is 13.9. The third-order valence-corrected chi connectivity index (χ3v) is 5.72. The number of carboxylic acids is 1. The molecule has 0 fully saturated rings. The number of nitrogens with one attached hydrogen (secondary N) is 3. The van der Waals surface area contributed by atoms with Gasteiger partial charge in [0, 0.05) is 12.2 Å². The summed E-state index contributed by atoms with van der Waals surface area (Å²) in [6, 6.07) is 5.24. The minimum absolute atomic E-state index is 0.0300. The molecule has 0 aliphatic carbocycles. The summed E-state index contributed by atoms with van der Waals surface area (Å²) in [5.74, 6) is -2.70. The van der Waals surface area contributed by atoms with E-state index in [1.54, 1.807) is 13.0 Å². The lowest BCUT2D eigenvalue weighted by Gasteiger charge is -2.13. The SMILES string of the molecule is Cc1cc(NC(=O)Nc2cc(C(F)(F)F)ccc2F)ccc1-c1snc(NCCC(=O)O)c1C(N)=O. The molecule has 3 amide bonds. The van der Waals surface area contributed by atoms with Gasteiger partial charge in [0.05, 0.1) is 22.5 Å². The van der Waals surface area contributed by atoms with E-state index in [9.17, 15) is 31.9 Å². The zero-order valence-electron chi connectivity index (χ0n) is 18.5. The number of benzene rings is 2. The zero-order valence-corrected chi connectivity index (χ0v) is 19.3. The number of aromatic nitrogens is 1. The predicted octanol–water partition coefficient (Wildman–Crippen LogP) is 4.91. The minimum Gasteiger partial charge on any atom is -0.481 e. The number of halogens is 4. The first-order valence-corrected chi connectivity index (χ1v) is 10.9. The van der Waals surface area contributed by atoms with Crippen molar-refractivity contribution in [2.75, 3.05) is 22.5 Å². The molecule has 3 rings (SSSR count). The van der Waals surface area contributed by atoms with E-state index in [1.165, 1.54) is 12.1 Å². The van der Waals surface area contributed by atoms with E-state index in [0.717, 1.165) is 11.5 Å². The maximum Gasteiger partial charge on any atom is 0.416 e. The Morgan fingerprint density at radius 3 is 2.44 bits per heavy atom. The summed E-state index contributed by atoms with van der Waals surface area (Å²) in [7, 11) is 0. The van der Waals surface area contributed by atoms with Crippen molar-refractivity contribution in [2.45, 2.75) is 19.5 Å². The molecule has 0 saturated carbocycles. The van der Waals surface area contributed by atoms with Crippen LogP contribution in [0.4, 0.5) is 39.5 Å². The molecule has 36 heavy (non-hydrogen) atoms. The number of anilines is 3. The zero-order chi connectivity index (χ0) is 26.6. The van der Waals surface area contributed by atoms with Crippen molar-refractivity contribution >= 4 is 46.6 Å². The number of hydrogen-bond donors (Lipinski definition) is 5. The number of nitrogens with zero attached hydrogens (tertiary/aromatic N) is 1. The fourth-order valence-electron chi connectivity index (χ4n) is 3.19. The summed E-state index contributed by atoms with van der Waals surface area (Å²) in [5, 5.41) is 16.0. The number of amides is 3. The lowest BCUT2D eigenvalue weighted by molar-refractivity contribution is -0.138. The van der Waals surface area contributed by atoms with Crippen molar-refractivity contribution in [2.24, 2.45) is 5.73 Å². The maximum absolute atomic E-state index is 13.9. The largest absolute Gasteiger partial charge is 0.481 e. The first-order valence-electron chi connectivity index (χ1n) is 10.2. The first kappa shape index (κ1) is 26.4. The van der Waals surface area contributed by atoms with Gasteiger partial charge < -0.3 is 26.8 Å². The minimum atomic E-state index is -4.71. The van der Waals surface area contributed by atoms with Crippen molar-refractivity contribution in [3.63, 3.8) is 0 Å². The second-order valence-corrected chi connectivity index (χ2v) is 8.24. The molecule has 0 radical (unpaired) electrons. The second kappa shape index (κ2) is 10.6. The molecule has 0 bridgehead atoms. The summed E-state index contributed by atoms with van der Waals surface area (Å²) < 4.78 is 56.6. The molecule has 0 spiro atoms. The highest BCUT2D eigenvalue weighted by Gasteiger charge is 2.31. The van der Waals surface area contributed by atoms with Gasteiger partial charge >= 0.3 is 18.2 Å². The van der Waals surface area contributed by atoms with Gasteiger partial charge in [-0.2, -0.15) is 17.5 Å². The number of alkyl halides is 3. The van der Waals surface area contributed by atoms with Crippen molar-refractivity contribution in [3.05, 3.63) is 58.9 Å². The molecular formula is C22H19F4N5O4S. The summed E-state index contributed by atoms with van der Waals surface area (Å²) in [6.45, 7) is 1.70. The quantitative estimate of drug-likeness (QED) is 0.264. The molecule has 0 saturated heterocycles.